The second-order valence-corrected chi connectivity index (χ2v) is 3.75. The minimum absolute atomic E-state index is 0.300. The van der Waals surface area contributed by atoms with Crippen LogP contribution in [0.4, 0.5) is 5.69 Å². The molecule has 0 amide bonds. The molecular weight excluding hydrogens is 206 g/mol. The second-order valence-electron chi connectivity index (χ2n) is 3.75. The van der Waals surface area contributed by atoms with Gasteiger partial charge in [-0.2, -0.15) is 5.10 Å². The Morgan fingerprint density at radius 2 is 2.06 bits per heavy atom. The molecular formula is C11H15N3O2. The molecule has 0 radical (unpaired) electrons. The molecule has 1 aromatic carbocycles. The van der Waals surface area contributed by atoms with E-state index in [9.17, 15) is 10.2 Å². The molecule has 0 unspecified atom stereocenters. The predicted molar refractivity (Wildman–Crippen MR) is 62.4 cm³/mol. The SMILES string of the molecule is O[C@H]1[C@@H](O)CN[C@@H]1/C=N/Nc1ccccc1. The van der Waals surface area contributed by atoms with Crippen LogP contribution < -0.4 is 10.7 Å². The minimum atomic E-state index is -0.790. The highest BCUT2D eigenvalue weighted by Gasteiger charge is 2.31. The first-order valence-corrected chi connectivity index (χ1v) is 5.21. The summed E-state index contributed by atoms with van der Waals surface area (Å²) in [6, 6.07) is 9.23. The summed E-state index contributed by atoms with van der Waals surface area (Å²) in [5.74, 6) is 0. The quantitative estimate of drug-likeness (QED) is 0.420. The van der Waals surface area contributed by atoms with Gasteiger partial charge in [-0.3, -0.25) is 5.43 Å². The molecule has 1 aliphatic rings. The number of para-hydroxylation sites is 1. The molecule has 0 spiro atoms. The summed E-state index contributed by atoms with van der Waals surface area (Å²) in [4.78, 5) is 0. The molecule has 3 atom stereocenters. The van der Waals surface area contributed by atoms with E-state index in [0.717, 1.165) is 5.69 Å². The van der Waals surface area contributed by atoms with Gasteiger partial charge in [0.25, 0.3) is 0 Å². The lowest BCUT2D eigenvalue weighted by Gasteiger charge is -2.10. The van der Waals surface area contributed by atoms with E-state index in [0.29, 0.717) is 6.54 Å². The van der Waals surface area contributed by atoms with Gasteiger partial charge in [-0.25, -0.2) is 0 Å². The van der Waals surface area contributed by atoms with Gasteiger partial charge >= 0.3 is 0 Å². The fraction of sp³-hybridized carbons (Fsp3) is 0.364. The molecule has 0 aliphatic carbocycles. The van der Waals surface area contributed by atoms with Crippen molar-refractivity contribution in [3.8, 4) is 0 Å². The van der Waals surface area contributed by atoms with Crippen LogP contribution in [0.5, 0.6) is 0 Å². The Labute approximate surface area is 93.8 Å². The zero-order valence-corrected chi connectivity index (χ0v) is 8.74. The predicted octanol–water partition coefficient (Wildman–Crippen LogP) is -0.222. The van der Waals surface area contributed by atoms with E-state index in [-0.39, 0.29) is 6.04 Å². The molecule has 5 nitrogen and oxygen atoms in total. The van der Waals surface area contributed by atoms with Crippen molar-refractivity contribution in [3.63, 3.8) is 0 Å². The van der Waals surface area contributed by atoms with Crippen molar-refractivity contribution < 1.29 is 10.2 Å². The van der Waals surface area contributed by atoms with Crippen LogP contribution in [-0.2, 0) is 0 Å². The summed E-state index contributed by atoms with van der Waals surface area (Å²) in [5, 5.41) is 25.8. The molecule has 4 N–H and O–H groups in total. The Balaban J connectivity index is 1.86. The molecule has 2 rings (SSSR count). The summed E-state index contributed by atoms with van der Waals surface area (Å²) in [7, 11) is 0. The van der Waals surface area contributed by atoms with Crippen molar-refractivity contribution in [2.75, 3.05) is 12.0 Å². The fourth-order valence-corrected chi connectivity index (χ4v) is 1.58. The lowest BCUT2D eigenvalue weighted by molar-refractivity contribution is 0.0507. The van der Waals surface area contributed by atoms with Gasteiger partial charge in [-0.1, -0.05) is 18.2 Å². The summed E-state index contributed by atoms with van der Waals surface area (Å²) in [6.07, 6.45) is 0.0583. The van der Waals surface area contributed by atoms with Crippen LogP contribution in [0, 0.1) is 0 Å². The number of benzene rings is 1. The highest BCUT2D eigenvalue weighted by molar-refractivity contribution is 5.67. The molecule has 1 saturated heterocycles. The number of anilines is 1. The topological polar surface area (TPSA) is 76.9 Å². The van der Waals surface area contributed by atoms with E-state index in [2.05, 4.69) is 15.8 Å². The number of aliphatic hydroxyl groups is 2. The number of nitrogens with one attached hydrogen (secondary N) is 2. The summed E-state index contributed by atoms with van der Waals surface area (Å²) >= 11 is 0. The first kappa shape index (κ1) is 11.1. The fourth-order valence-electron chi connectivity index (χ4n) is 1.58. The largest absolute Gasteiger partial charge is 0.389 e. The molecule has 5 heteroatoms. The third kappa shape index (κ3) is 2.57. The van der Waals surface area contributed by atoms with Gasteiger partial charge < -0.3 is 15.5 Å². The molecule has 0 bridgehead atoms. The highest BCUT2D eigenvalue weighted by Crippen LogP contribution is 2.07. The maximum absolute atomic E-state index is 9.52. The van der Waals surface area contributed by atoms with E-state index in [1.54, 1.807) is 6.21 Å². The molecule has 1 heterocycles. The Morgan fingerprint density at radius 3 is 2.69 bits per heavy atom. The molecule has 16 heavy (non-hydrogen) atoms. The van der Waals surface area contributed by atoms with Gasteiger partial charge in [0.15, 0.2) is 0 Å². The van der Waals surface area contributed by atoms with E-state index >= 15 is 0 Å². The molecule has 0 saturated carbocycles. The van der Waals surface area contributed by atoms with Crippen molar-refractivity contribution >= 4 is 11.9 Å². The minimum Gasteiger partial charge on any atom is -0.389 e. The normalized spacial score (nSPS) is 29.8. The number of rotatable bonds is 3. The maximum Gasteiger partial charge on any atom is 0.102 e. The monoisotopic (exact) mass is 221 g/mol. The zero-order valence-electron chi connectivity index (χ0n) is 8.74. The molecule has 86 valence electrons. The van der Waals surface area contributed by atoms with Gasteiger partial charge in [0, 0.05) is 12.8 Å². The van der Waals surface area contributed by atoms with E-state index < -0.39 is 12.2 Å². The van der Waals surface area contributed by atoms with Crippen LogP contribution in [0.1, 0.15) is 0 Å². The van der Waals surface area contributed by atoms with Crippen molar-refractivity contribution in [2.24, 2.45) is 5.10 Å². The zero-order chi connectivity index (χ0) is 11.4. The number of hydrogen-bond donors (Lipinski definition) is 4. The van der Waals surface area contributed by atoms with Crippen LogP contribution in [0.25, 0.3) is 0 Å². The highest BCUT2D eigenvalue weighted by atomic mass is 16.3. The third-order valence-corrected chi connectivity index (χ3v) is 2.53. The van der Waals surface area contributed by atoms with E-state index in [1.807, 2.05) is 30.3 Å². The van der Waals surface area contributed by atoms with Crippen molar-refractivity contribution in [1.82, 2.24) is 5.32 Å². The first-order valence-electron chi connectivity index (χ1n) is 5.21. The van der Waals surface area contributed by atoms with Gasteiger partial charge in [0.05, 0.1) is 17.8 Å². The summed E-state index contributed by atoms with van der Waals surface area (Å²) in [6.45, 7) is 0.392. The number of nitrogens with zero attached hydrogens (tertiary/aromatic N) is 1. The molecule has 0 aromatic heterocycles. The third-order valence-electron chi connectivity index (χ3n) is 2.53. The maximum atomic E-state index is 9.52. The Hall–Kier alpha value is -1.43. The lowest BCUT2D eigenvalue weighted by atomic mass is 10.1. The number of β-amino-alcohol motifs (C(OH)–C–C–N with tert-alkyl or cyclic N) is 1. The van der Waals surface area contributed by atoms with Crippen molar-refractivity contribution in [3.05, 3.63) is 30.3 Å². The van der Waals surface area contributed by atoms with Crippen LogP contribution in [0.2, 0.25) is 0 Å². The lowest BCUT2D eigenvalue weighted by Crippen LogP contribution is -2.34. The first-order chi connectivity index (χ1) is 7.77. The van der Waals surface area contributed by atoms with Crippen molar-refractivity contribution in [1.29, 1.82) is 0 Å². The molecule has 1 aliphatic heterocycles. The number of hydrazone groups is 1. The average Bonchev–Trinajstić information content (AvgIpc) is 2.62. The van der Waals surface area contributed by atoms with Gasteiger partial charge in [-0.05, 0) is 12.1 Å². The van der Waals surface area contributed by atoms with Crippen LogP contribution >= 0.6 is 0 Å². The van der Waals surface area contributed by atoms with Gasteiger partial charge in [0.1, 0.15) is 6.10 Å². The Kier molecular flexibility index (Phi) is 3.51. The molecule has 1 aromatic rings. The molecule has 1 fully saturated rings. The Bertz CT molecular complexity index is 356. The smallest absolute Gasteiger partial charge is 0.102 e. The van der Waals surface area contributed by atoms with E-state index in [1.165, 1.54) is 0 Å². The van der Waals surface area contributed by atoms with Crippen LogP contribution in [0.15, 0.2) is 35.4 Å². The van der Waals surface area contributed by atoms with Crippen molar-refractivity contribution in [2.45, 2.75) is 18.2 Å². The van der Waals surface area contributed by atoms with Crippen LogP contribution in [-0.4, -0.2) is 41.2 Å². The van der Waals surface area contributed by atoms with Crippen LogP contribution in [0.3, 0.4) is 0 Å². The number of hydrogen-bond acceptors (Lipinski definition) is 5. The van der Waals surface area contributed by atoms with E-state index in [4.69, 9.17) is 0 Å². The van der Waals surface area contributed by atoms with Gasteiger partial charge in [-0.15, -0.1) is 0 Å². The average molecular weight is 221 g/mol. The summed E-state index contributed by atoms with van der Waals surface area (Å²) < 4.78 is 0. The number of aliphatic hydroxyl groups excluding tert-OH is 2. The second kappa shape index (κ2) is 5.07. The Morgan fingerprint density at radius 1 is 1.31 bits per heavy atom. The van der Waals surface area contributed by atoms with Gasteiger partial charge in [0.2, 0.25) is 0 Å². The summed E-state index contributed by atoms with van der Waals surface area (Å²) in [5.41, 5.74) is 3.72. The standard InChI is InChI=1S/C11H15N3O2/c15-10-7-12-9(11(10)16)6-13-14-8-4-2-1-3-5-8/h1-6,9-12,14-16H,7H2/b13-6+/t9-,10+,11-/m1/s1.